The Balaban J connectivity index is 2.28. The van der Waals surface area contributed by atoms with Crippen LogP contribution in [0.5, 0.6) is 0 Å². The molecule has 1 aromatic rings. The molecule has 82 valence electrons. The van der Waals surface area contributed by atoms with E-state index in [-0.39, 0.29) is 0 Å². The van der Waals surface area contributed by atoms with E-state index in [9.17, 15) is 0 Å². The summed E-state index contributed by atoms with van der Waals surface area (Å²) in [5.74, 6) is 0.638. The van der Waals surface area contributed by atoms with Gasteiger partial charge in [-0.15, -0.1) is 0 Å². The summed E-state index contributed by atoms with van der Waals surface area (Å²) in [5, 5.41) is 0.713. The minimum Gasteiger partial charge on any atom is -0.366 e. The maximum Gasteiger partial charge on any atom is 0.0822 e. The zero-order valence-electron chi connectivity index (χ0n) is 8.86. The van der Waals surface area contributed by atoms with E-state index in [2.05, 4.69) is 16.8 Å². The minimum absolute atomic E-state index is 0.407. The first-order valence-corrected chi connectivity index (χ1v) is 5.68. The number of aromatic nitrogens is 1. The van der Waals surface area contributed by atoms with Crippen LogP contribution in [-0.4, -0.2) is 24.1 Å². The second kappa shape index (κ2) is 4.37. The van der Waals surface area contributed by atoms with Gasteiger partial charge in [0.05, 0.1) is 10.7 Å². The van der Waals surface area contributed by atoms with E-state index in [1.165, 1.54) is 6.42 Å². The van der Waals surface area contributed by atoms with E-state index in [4.69, 9.17) is 17.3 Å². The fraction of sp³-hybridized carbons (Fsp3) is 0.545. The molecule has 1 fully saturated rings. The molecule has 0 aliphatic carbocycles. The highest BCUT2D eigenvalue weighted by atomic mass is 35.5. The number of halogens is 1. The number of anilines is 1. The molecule has 15 heavy (non-hydrogen) atoms. The molecule has 0 spiro atoms. The average molecular weight is 226 g/mol. The topological polar surface area (TPSA) is 42.2 Å². The molecule has 2 atom stereocenters. The molecule has 3 nitrogen and oxygen atoms in total. The Labute approximate surface area is 95.2 Å². The molecule has 4 heteroatoms. The lowest BCUT2D eigenvalue weighted by Gasteiger charge is -2.28. The summed E-state index contributed by atoms with van der Waals surface area (Å²) < 4.78 is 0. The van der Waals surface area contributed by atoms with E-state index in [0.29, 0.717) is 23.5 Å². The van der Waals surface area contributed by atoms with E-state index >= 15 is 0 Å². The van der Waals surface area contributed by atoms with Crippen molar-refractivity contribution in [2.45, 2.75) is 19.4 Å². The first kappa shape index (κ1) is 10.7. The molecule has 0 amide bonds. The summed E-state index contributed by atoms with van der Waals surface area (Å²) in [4.78, 5) is 6.30. The molecule has 0 saturated carbocycles. The van der Waals surface area contributed by atoms with Gasteiger partial charge in [0.25, 0.3) is 0 Å². The molecule has 2 unspecified atom stereocenters. The Morgan fingerprint density at radius 3 is 3.13 bits per heavy atom. The van der Waals surface area contributed by atoms with Crippen molar-refractivity contribution in [3.8, 4) is 0 Å². The van der Waals surface area contributed by atoms with Gasteiger partial charge in [-0.05, 0) is 18.4 Å². The summed E-state index contributed by atoms with van der Waals surface area (Å²) in [6, 6.07) is 2.37. The summed E-state index contributed by atoms with van der Waals surface area (Å²) in [6.45, 7) is 3.96. The third-order valence-corrected chi connectivity index (χ3v) is 3.48. The van der Waals surface area contributed by atoms with Crippen molar-refractivity contribution in [3.05, 3.63) is 23.5 Å². The number of pyridine rings is 1. The van der Waals surface area contributed by atoms with Crippen molar-refractivity contribution in [2.24, 2.45) is 11.7 Å². The first-order valence-electron chi connectivity index (χ1n) is 5.30. The Hall–Kier alpha value is -0.800. The molecule has 2 heterocycles. The Morgan fingerprint density at radius 1 is 1.67 bits per heavy atom. The van der Waals surface area contributed by atoms with Crippen LogP contribution in [0.1, 0.15) is 13.3 Å². The zero-order valence-corrected chi connectivity index (χ0v) is 9.61. The highest BCUT2D eigenvalue weighted by Gasteiger charge is 2.30. The molecule has 2 N–H and O–H groups in total. The number of nitrogens with two attached hydrogens (primary N) is 1. The number of rotatable bonds is 2. The maximum absolute atomic E-state index is 6.13. The molecule has 1 aliphatic heterocycles. The van der Waals surface area contributed by atoms with Crippen LogP contribution in [0, 0.1) is 5.92 Å². The Morgan fingerprint density at radius 2 is 2.47 bits per heavy atom. The van der Waals surface area contributed by atoms with Crippen LogP contribution in [0.4, 0.5) is 5.69 Å². The average Bonchev–Trinajstić information content (AvgIpc) is 2.60. The smallest absolute Gasteiger partial charge is 0.0822 e. The van der Waals surface area contributed by atoms with Crippen molar-refractivity contribution in [1.82, 2.24) is 4.98 Å². The maximum atomic E-state index is 6.13. The van der Waals surface area contributed by atoms with Crippen LogP contribution in [0.15, 0.2) is 18.5 Å². The second-order valence-corrected chi connectivity index (χ2v) is 4.50. The molecular weight excluding hydrogens is 210 g/mol. The van der Waals surface area contributed by atoms with Gasteiger partial charge in [0.15, 0.2) is 0 Å². The fourth-order valence-corrected chi connectivity index (χ4v) is 2.50. The predicted molar refractivity (Wildman–Crippen MR) is 63.2 cm³/mol. The summed E-state index contributed by atoms with van der Waals surface area (Å²) in [6.07, 6.45) is 4.64. The molecule has 1 aliphatic rings. The van der Waals surface area contributed by atoms with Crippen molar-refractivity contribution in [3.63, 3.8) is 0 Å². The third kappa shape index (κ3) is 1.94. The van der Waals surface area contributed by atoms with Crippen LogP contribution in [0.2, 0.25) is 5.02 Å². The van der Waals surface area contributed by atoms with Gasteiger partial charge in [0.2, 0.25) is 0 Å². The third-order valence-electron chi connectivity index (χ3n) is 3.18. The lowest BCUT2D eigenvalue weighted by atomic mass is 10.0. The SMILES string of the molecule is CC1CCN(c2ccncc2Cl)C1CN. The van der Waals surface area contributed by atoms with Crippen LogP contribution >= 0.6 is 11.6 Å². The van der Waals surface area contributed by atoms with Gasteiger partial charge in [-0.2, -0.15) is 0 Å². The highest BCUT2D eigenvalue weighted by Crippen LogP contribution is 2.33. The quantitative estimate of drug-likeness (QED) is 0.836. The van der Waals surface area contributed by atoms with Gasteiger partial charge in [-0.3, -0.25) is 4.98 Å². The minimum atomic E-state index is 0.407. The van der Waals surface area contributed by atoms with Crippen LogP contribution < -0.4 is 10.6 Å². The van der Waals surface area contributed by atoms with Gasteiger partial charge in [-0.25, -0.2) is 0 Å². The van der Waals surface area contributed by atoms with Crippen molar-refractivity contribution in [2.75, 3.05) is 18.0 Å². The Bertz CT molecular complexity index is 342. The van der Waals surface area contributed by atoms with E-state index in [1.54, 1.807) is 12.4 Å². The van der Waals surface area contributed by atoms with E-state index < -0.39 is 0 Å². The van der Waals surface area contributed by atoms with Crippen molar-refractivity contribution < 1.29 is 0 Å². The van der Waals surface area contributed by atoms with Gasteiger partial charge in [-0.1, -0.05) is 18.5 Å². The predicted octanol–water partition coefficient (Wildman–Crippen LogP) is 1.91. The number of hydrogen-bond acceptors (Lipinski definition) is 3. The molecule has 0 radical (unpaired) electrons. The normalized spacial score (nSPS) is 25.9. The lowest BCUT2D eigenvalue weighted by molar-refractivity contribution is 0.519. The van der Waals surface area contributed by atoms with Gasteiger partial charge >= 0.3 is 0 Å². The highest BCUT2D eigenvalue weighted by molar-refractivity contribution is 6.33. The summed E-state index contributed by atoms with van der Waals surface area (Å²) in [5.41, 5.74) is 6.86. The molecule has 2 rings (SSSR count). The molecule has 1 aromatic heterocycles. The first-order chi connectivity index (χ1) is 7.24. The van der Waals surface area contributed by atoms with E-state index in [1.807, 2.05) is 6.07 Å². The van der Waals surface area contributed by atoms with E-state index in [0.717, 1.165) is 12.2 Å². The summed E-state index contributed by atoms with van der Waals surface area (Å²) in [7, 11) is 0. The van der Waals surface area contributed by atoms with Crippen LogP contribution in [-0.2, 0) is 0 Å². The van der Waals surface area contributed by atoms with Crippen molar-refractivity contribution in [1.29, 1.82) is 0 Å². The van der Waals surface area contributed by atoms with Gasteiger partial charge < -0.3 is 10.6 Å². The molecule has 0 bridgehead atoms. The lowest BCUT2D eigenvalue weighted by Crippen LogP contribution is -2.38. The zero-order chi connectivity index (χ0) is 10.8. The number of nitrogens with zero attached hydrogens (tertiary/aromatic N) is 2. The van der Waals surface area contributed by atoms with Gasteiger partial charge in [0, 0.05) is 31.5 Å². The standard InChI is InChI=1S/C11H16ClN3/c1-8-3-5-15(11(8)6-13)10-2-4-14-7-9(10)12/h2,4,7-8,11H,3,5-6,13H2,1H3. The summed E-state index contributed by atoms with van der Waals surface area (Å²) >= 11 is 6.13. The van der Waals surface area contributed by atoms with Crippen LogP contribution in [0.25, 0.3) is 0 Å². The number of hydrogen-bond donors (Lipinski definition) is 1. The van der Waals surface area contributed by atoms with Crippen LogP contribution in [0.3, 0.4) is 0 Å². The van der Waals surface area contributed by atoms with Crippen molar-refractivity contribution >= 4 is 17.3 Å². The second-order valence-electron chi connectivity index (χ2n) is 4.09. The fourth-order valence-electron chi connectivity index (χ4n) is 2.27. The largest absolute Gasteiger partial charge is 0.366 e. The molecule has 0 aromatic carbocycles. The molecular formula is C11H16ClN3. The Kier molecular flexibility index (Phi) is 3.12. The van der Waals surface area contributed by atoms with Gasteiger partial charge in [0.1, 0.15) is 0 Å². The molecule has 1 saturated heterocycles. The monoisotopic (exact) mass is 225 g/mol.